The molecule has 9 heteroatoms. The Hall–Kier alpha value is -2.39. The van der Waals surface area contributed by atoms with Crippen LogP contribution < -0.4 is 10.1 Å². The molecule has 0 saturated heterocycles. The monoisotopic (exact) mass is 534 g/mol. The molecule has 1 aromatic heterocycles. The number of ether oxygens (including phenoxy) is 1. The molecule has 1 heterocycles. The first-order valence-electron chi connectivity index (χ1n) is 10.7. The zero-order valence-corrected chi connectivity index (χ0v) is 21.8. The predicted octanol–water partition coefficient (Wildman–Crippen LogP) is 6.32. The lowest BCUT2D eigenvalue weighted by Crippen LogP contribution is -2.17. The van der Waals surface area contributed by atoms with Crippen LogP contribution in [-0.2, 0) is 11.3 Å². The van der Waals surface area contributed by atoms with Crippen molar-refractivity contribution in [3.63, 3.8) is 0 Å². The Labute approximate surface area is 206 Å². The van der Waals surface area contributed by atoms with Crippen LogP contribution in [0, 0.1) is 25.6 Å². The molecule has 0 radical (unpaired) electrons. The molecular weight excluding hydrogens is 507 g/mol. The summed E-state index contributed by atoms with van der Waals surface area (Å²) in [6.45, 7) is 10.7. The number of nitrogens with one attached hydrogen (secondary N) is 1. The Morgan fingerprint density at radius 1 is 1.18 bits per heavy atom. The topological polar surface area (TPSA) is 69.0 Å². The Morgan fingerprint density at radius 3 is 2.58 bits per heavy atom. The highest BCUT2D eigenvalue weighted by atomic mass is 79.9. The summed E-state index contributed by atoms with van der Waals surface area (Å²) in [5, 5.41) is 12.2. The van der Waals surface area contributed by atoms with Crippen LogP contribution in [0.15, 0.2) is 46.0 Å². The van der Waals surface area contributed by atoms with Crippen molar-refractivity contribution in [2.45, 2.75) is 52.4 Å². The van der Waals surface area contributed by atoms with Gasteiger partial charge >= 0.3 is 0 Å². The lowest BCUT2D eigenvalue weighted by Gasteiger charge is -2.18. The molecule has 3 aromatic rings. The van der Waals surface area contributed by atoms with Gasteiger partial charge in [0.15, 0.2) is 28.7 Å². The Morgan fingerprint density at radius 2 is 1.88 bits per heavy atom. The molecule has 0 saturated carbocycles. The number of rotatable bonds is 9. The van der Waals surface area contributed by atoms with Crippen LogP contribution in [0.25, 0.3) is 0 Å². The van der Waals surface area contributed by atoms with Crippen molar-refractivity contribution < 1.29 is 13.9 Å². The van der Waals surface area contributed by atoms with Gasteiger partial charge in [0.25, 0.3) is 0 Å². The lowest BCUT2D eigenvalue weighted by atomic mass is 10.1. The first-order valence-corrected chi connectivity index (χ1v) is 12.5. The summed E-state index contributed by atoms with van der Waals surface area (Å²) in [6, 6.07) is 10.2. The number of nitrogens with zero attached hydrogens (tertiary/aromatic N) is 3. The molecule has 33 heavy (non-hydrogen) atoms. The fraction of sp³-hybridized carbons (Fsp3) is 0.375. The van der Waals surface area contributed by atoms with Gasteiger partial charge in [0.1, 0.15) is 0 Å². The molecule has 1 amide bonds. The Balaban J connectivity index is 1.72. The van der Waals surface area contributed by atoms with E-state index in [0.717, 1.165) is 21.3 Å². The van der Waals surface area contributed by atoms with E-state index in [1.54, 1.807) is 18.2 Å². The summed E-state index contributed by atoms with van der Waals surface area (Å²) >= 11 is 4.82. The number of para-hydroxylation sites is 1. The van der Waals surface area contributed by atoms with Crippen LogP contribution in [0.3, 0.4) is 0 Å². The highest BCUT2D eigenvalue weighted by Crippen LogP contribution is 2.28. The van der Waals surface area contributed by atoms with Crippen LogP contribution in [0.4, 0.5) is 10.1 Å². The van der Waals surface area contributed by atoms with Crippen molar-refractivity contribution in [2.24, 2.45) is 5.92 Å². The van der Waals surface area contributed by atoms with E-state index in [9.17, 15) is 9.18 Å². The second-order valence-electron chi connectivity index (χ2n) is 8.29. The minimum atomic E-state index is -0.511. The van der Waals surface area contributed by atoms with E-state index >= 15 is 0 Å². The maximum absolute atomic E-state index is 14.0. The molecule has 0 bridgehead atoms. The summed E-state index contributed by atoms with van der Waals surface area (Å²) in [6.07, 6.45) is -0.511. The third-order valence-corrected chi connectivity index (χ3v) is 6.61. The largest absolute Gasteiger partial charge is 0.480 e. The number of carbonyl (C=O) groups is 1. The SMILES string of the molecule is Cc1cc(Br)c(NC(=O)CSc2nnc(C(C)Oc3ccccc3F)n2CC(C)C)cc1C. The zero-order valence-electron chi connectivity index (χ0n) is 19.4. The van der Waals surface area contributed by atoms with Crippen molar-refractivity contribution in [1.29, 1.82) is 0 Å². The van der Waals surface area contributed by atoms with E-state index in [2.05, 4.69) is 45.3 Å². The molecule has 1 atom stereocenters. The van der Waals surface area contributed by atoms with Gasteiger partial charge in [-0.05, 0) is 78.0 Å². The smallest absolute Gasteiger partial charge is 0.234 e. The quantitative estimate of drug-likeness (QED) is 0.325. The van der Waals surface area contributed by atoms with Crippen molar-refractivity contribution in [1.82, 2.24) is 14.8 Å². The van der Waals surface area contributed by atoms with Gasteiger partial charge in [-0.3, -0.25) is 4.79 Å². The van der Waals surface area contributed by atoms with Crippen LogP contribution in [-0.4, -0.2) is 26.4 Å². The van der Waals surface area contributed by atoms with Crippen molar-refractivity contribution in [3.05, 3.63) is 63.6 Å². The van der Waals surface area contributed by atoms with Crippen LogP contribution >= 0.6 is 27.7 Å². The van der Waals surface area contributed by atoms with E-state index in [0.29, 0.717) is 23.4 Å². The number of aromatic nitrogens is 3. The summed E-state index contributed by atoms with van der Waals surface area (Å²) in [4.78, 5) is 12.6. The van der Waals surface area contributed by atoms with Crippen molar-refractivity contribution in [3.8, 4) is 5.75 Å². The van der Waals surface area contributed by atoms with E-state index in [4.69, 9.17) is 4.74 Å². The van der Waals surface area contributed by atoms with Crippen LogP contribution in [0.1, 0.15) is 43.8 Å². The number of halogens is 2. The summed E-state index contributed by atoms with van der Waals surface area (Å²) in [5.74, 6) is 0.685. The minimum absolute atomic E-state index is 0.139. The fourth-order valence-corrected chi connectivity index (χ4v) is 4.53. The number of hydrogen-bond acceptors (Lipinski definition) is 5. The highest BCUT2D eigenvalue weighted by Gasteiger charge is 2.22. The van der Waals surface area contributed by atoms with E-state index in [1.165, 1.54) is 17.8 Å². The molecule has 0 aliphatic heterocycles. The van der Waals surface area contributed by atoms with E-state index < -0.39 is 11.9 Å². The molecule has 6 nitrogen and oxygen atoms in total. The number of aryl methyl sites for hydroxylation is 2. The maximum atomic E-state index is 14.0. The number of benzene rings is 2. The third kappa shape index (κ3) is 6.57. The highest BCUT2D eigenvalue weighted by molar-refractivity contribution is 9.10. The van der Waals surface area contributed by atoms with Crippen molar-refractivity contribution in [2.75, 3.05) is 11.1 Å². The van der Waals surface area contributed by atoms with Gasteiger partial charge in [-0.15, -0.1) is 10.2 Å². The van der Waals surface area contributed by atoms with Crippen molar-refractivity contribution >= 4 is 39.3 Å². The van der Waals surface area contributed by atoms with Gasteiger partial charge in [-0.25, -0.2) is 4.39 Å². The Kier molecular flexibility index (Phi) is 8.53. The second kappa shape index (κ2) is 11.2. The lowest BCUT2D eigenvalue weighted by molar-refractivity contribution is -0.113. The number of carbonyl (C=O) groups excluding carboxylic acids is 1. The zero-order chi connectivity index (χ0) is 24.1. The van der Waals surface area contributed by atoms with Crippen LogP contribution in [0.5, 0.6) is 5.75 Å². The molecule has 1 N–H and O–H groups in total. The third-order valence-electron chi connectivity index (χ3n) is 4.99. The summed E-state index contributed by atoms with van der Waals surface area (Å²) in [7, 11) is 0. The van der Waals surface area contributed by atoms with Gasteiger partial charge in [-0.2, -0.15) is 0 Å². The van der Waals surface area contributed by atoms with Gasteiger partial charge in [0.2, 0.25) is 5.91 Å². The van der Waals surface area contributed by atoms with Gasteiger partial charge < -0.3 is 14.6 Å². The molecule has 1 unspecified atom stereocenters. The van der Waals surface area contributed by atoms with Gasteiger partial charge in [0, 0.05) is 11.0 Å². The molecule has 0 fully saturated rings. The molecule has 2 aromatic carbocycles. The number of hydrogen-bond donors (Lipinski definition) is 1. The summed E-state index contributed by atoms with van der Waals surface area (Å²) < 4.78 is 22.6. The Bertz CT molecular complexity index is 1140. The molecular formula is C24H28BrFN4O2S. The first kappa shape index (κ1) is 25.2. The molecule has 176 valence electrons. The number of thioether (sulfide) groups is 1. The minimum Gasteiger partial charge on any atom is -0.480 e. The molecule has 3 rings (SSSR count). The van der Waals surface area contributed by atoms with E-state index in [1.807, 2.05) is 37.5 Å². The average molecular weight is 535 g/mol. The molecule has 0 aliphatic carbocycles. The van der Waals surface area contributed by atoms with E-state index in [-0.39, 0.29) is 17.4 Å². The predicted molar refractivity (Wildman–Crippen MR) is 133 cm³/mol. The molecule has 0 aliphatic rings. The normalized spacial score (nSPS) is 12.1. The van der Waals surface area contributed by atoms with Crippen LogP contribution in [0.2, 0.25) is 0 Å². The first-order chi connectivity index (χ1) is 15.7. The standard InChI is InChI=1S/C24H28BrFN4O2S/c1-14(2)12-30-23(17(5)32-21-9-7-6-8-19(21)26)28-29-24(30)33-13-22(31)27-20-11-16(4)15(3)10-18(20)25/h6-11,14,17H,12-13H2,1-5H3,(H,27,31). The number of amides is 1. The number of anilines is 1. The average Bonchev–Trinajstić information content (AvgIpc) is 3.14. The van der Waals surface area contributed by atoms with Gasteiger partial charge in [-0.1, -0.05) is 37.7 Å². The molecule has 0 spiro atoms. The fourth-order valence-electron chi connectivity index (χ4n) is 3.22. The summed E-state index contributed by atoms with van der Waals surface area (Å²) in [5.41, 5.74) is 2.99. The second-order valence-corrected chi connectivity index (χ2v) is 10.1. The maximum Gasteiger partial charge on any atom is 0.234 e. The van der Waals surface area contributed by atoms with Gasteiger partial charge in [0.05, 0.1) is 11.4 Å².